The van der Waals surface area contributed by atoms with Gasteiger partial charge in [0.05, 0.1) is 11.5 Å². The molecular weight excluding hydrogens is 295 g/mol. The zero-order valence-corrected chi connectivity index (χ0v) is 13.5. The van der Waals surface area contributed by atoms with E-state index in [1.807, 2.05) is 13.8 Å². The highest BCUT2D eigenvalue weighted by molar-refractivity contribution is 7.89. The third-order valence-corrected chi connectivity index (χ3v) is 4.55. The van der Waals surface area contributed by atoms with E-state index in [0.717, 1.165) is 6.54 Å². The van der Waals surface area contributed by atoms with Gasteiger partial charge in [-0.25, -0.2) is 17.5 Å². The lowest BCUT2D eigenvalue weighted by Gasteiger charge is -2.12. The van der Waals surface area contributed by atoms with Crippen molar-refractivity contribution in [1.82, 2.24) is 10.0 Å². The maximum atomic E-state index is 13.9. The quantitative estimate of drug-likeness (QED) is 0.678. The first-order valence-electron chi connectivity index (χ1n) is 6.99. The molecular formula is C14H23FN2O3S. The Bertz CT molecular complexity index is 562. The van der Waals surface area contributed by atoms with Crippen LogP contribution in [0.15, 0.2) is 17.0 Å². The largest absolute Gasteiger partial charge is 0.380 e. The van der Waals surface area contributed by atoms with E-state index in [1.54, 1.807) is 0 Å². The van der Waals surface area contributed by atoms with Crippen LogP contribution >= 0.6 is 0 Å². The molecule has 120 valence electrons. The van der Waals surface area contributed by atoms with E-state index in [0.29, 0.717) is 18.7 Å². The number of benzene rings is 1. The number of hydrogen-bond acceptors (Lipinski definition) is 4. The zero-order chi connectivity index (χ0) is 15.9. The normalized spacial score (nSPS) is 11.8. The summed E-state index contributed by atoms with van der Waals surface area (Å²) in [5.41, 5.74) is 0.726. The second-order valence-corrected chi connectivity index (χ2v) is 6.31. The lowest BCUT2D eigenvalue weighted by atomic mass is 10.1. The van der Waals surface area contributed by atoms with Crippen molar-refractivity contribution in [2.75, 3.05) is 26.3 Å². The third kappa shape index (κ3) is 5.35. The van der Waals surface area contributed by atoms with Crippen LogP contribution in [-0.4, -0.2) is 34.7 Å². The predicted molar refractivity (Wildman–Crippen MR) is 80.2 cm³/mol. The van der Waals surface area contributed by atoms with Crippen molar-refractivity contribution >= 4 is 10.0 Å². The van der Waals surface area contributed by atoms with Crippen molar-refractivity contribution in [3.8, 4) is 0 Å². The molecule has 0 bridgehead atoms. The lowest BCUT2D eigenvalue weighted by Crippen LogP contribution is -2.28. The molecule has 0 aliphatic rings. The minimum atomic E-state index is -3.74. The second-order valence-electron chi connectivity index (χ2n) is 4.58. The molecule has 2 N–H and O–H groups in total. The summed E-state index contributed by atoms with van der Waals surface area (Å²) in [5, 5.41) is 3.05. The van der Waals surface area contributed by atoms with Crippen LogP contribution in [0, 0.1) is 12.7 Å². The zero-order valence-electron chi connectivity index (χ0n) is 12.7. The second kappa shape index (κ2) is 8.43. The Balaban J connectivity index is 2.95. The van der Waals surface area contributed by atoms with Crippen molar-refractivity contribution in [2.45, 2.75) is 32.2 Å². The van der Waals surface area contributed by atoms with Gasteiger partial charge in [-0.2, -0.15) is 0 Å². The van der Waals surface area contributed by atoms with Gasteiger partial charge in [0, 0.05) is 25.3 Å². The molecule has 0 unspecified atom stereocenters. The van der Waals surface area contributed by atoms with Gasteiger partial charge in [-0.05, 0) is 38.1 Å². The molecule has 1 aromatic rings. The fourth-order valence-corrected chi connectivity index (χ4v) is 3.14. The third-order valence-electron chi connectivity index (χ3n) is 2.97. The molecule has 0 aliphatic heterocycles. The predicted octanol–water partition coefficient (Wildman–Crippen LogP) is 1.56. The van der Waals surface area contributed by atoms with Gasteiger partial charge in [0.25, 0.3) is 0 Å². The number of halogens is 1. The van der Waals surface area contributed by atoms with Gasteiger partial charge in [0.2, 0.25) is 10.0 Å². The first-order valence-corrected chi connectivity index (χ1v) is 8.47. The molecule has 0 amide bonds. The summed E-state index contributed by atoms with van der Waals surface area (Å²) >= 11 is 0. The van der Waals surface area contributed by atoms with Crippen molar-refractivity contribution in [3.05, 3.63) is 29.1 Å². The Morgan fingerprint density at radius 1 is 1.29 bits per heavy atom. The standard InChI is InChI=1S/C14H23FN2O3S/c1-4-16-10-12-8-13(15)11(3)14(9-12)21(18,19)17-6-7-20-5-2/h8-9,16-17H,4-7,10H2,1-3H3. The lowest BCUT2D eigenvalue weighted by molar-refractivity contribution is 0.153. The summed E-state index contributed by atoms with van der Waals surface area (Å²) in [6.07, 6.45) is 0. The molecule has 1 aromatic carbocycles. The summed E-state index contributed by atoms with van der Waals surface area (Å²) in [7, 11) is -3.74. The Morgan fingerprint density at radius 2 is 2.00 bits per heavy atom. The van der Waals surface area contributed by atoms with Crippen LogP contribution in [0.3, 0.4) is 0 Å². The van der Waals surface area contributed by atoms with E-state index in [-0.39, 0.29) is 23.6 Å². The van der Waals surface area contributed by atoms with Crippen LogP contribution in [0.4, 0.5) is 4.39 Å². The molecule has 1 rings (SSSR count). The van der Waals surface area contributed by atoms with E-state index in [1.165, 1.54) is 19.1 Å². The van der Waals surface area contributed by atoms with Gasteiger partial charge < -0.3 is 10.1 Å². The highest BCUT2D eigenvalue weighted by atomic mass is 32.2. The Hall–Kier alpha value is -1.02. The first kappa shape index (κ1) is 18.0. The van der Waals surface area contributed by atoms with Gasteiger partial charge in [-0.1, -0.05) is 6.92 Å². The van der Waals surface area contributed by atoms with Crippen LogP contribution in [0.2, 0.25) is 0 Å². The fraction of sp³-hybridized carbons (Fsp3) is 0.571. The van der Waals surface area contributed by atoms with Gasteiger partial charge >= 0.3 is 0 Å². The molecule has 0 heterocycles. The van der Waals surface area contributed by atoms with Crippen molar-refractivity contribution in [2.24, 2.45) is 0 Å². The highest BCUT2D eigenvalue weighted by Gasteiger charge is 2.19. The molecule has 7 heteroatoms. The minimum Gasteiger partial charge on any atom is -0.380 e. The number of ether oxygens (including phenoxy) is 1. The van der Waals surface area contributed by atoms with Crippen LogP contribution < -0.4 is 10.0 Å². The number of hydrogen-bond donors (Lipinski definition) is 2. The summed E-state index contributed by atoms with van der Waals surface area (Å²) in [6, 6.07) is 2.86. The van der Waals surface area contributed by atoms with Gasteiger partial charge in [-0.15, -0.1) is 0 Å². The molecule has 0 spiro atoms. The molecule has 0 aromatic heterocycles. The molecule has 0 radical (unpaired) electrons. The van der Waals surface area contributed by atoms with Crippen molar-refractivity contribution < 1.29 is 17.5 Å². The van der Waals surface area contributed by atoms with Crippen molar-refractivity contribution in [1.29, 1.82) is 0 Å². The first-order chi connectivity index (χ1) is 9.92. The number of sulfonamides is 1. The topological polar surface area (TPSA) is 67.4 Å². The highest BCUT2D eigenvalue weighted by Crippen LogP contribution is 2.20. The average molecular weight is 318 g/mol. The van der Waals surface area contributed by atoms with E-state index in [9.17, 15) is 12.8 Å². The Morgan fingerprint density at radius 3 is 2.62 bits per heavy atom. The monoisotopic (exact) mass is 318 g/mol. The van der Waals surface area contributed by atoms with Gasteiger partial charge in [-0.3, -0.25) is 0 Å². The van der Waals surface area contributed by atoms with E-state index in [2.05, 4.69) is 10.0 Å². The van der Waals surface area contributed by atoms with Crippen LogP contribution in [0.1, 0.15) is 25.0 Å². The molecule has 0 atom stereocenters. The van der Waals surface area contributed by atoms with Gasteiger partial charge in [0.15, 0.2) is 0 Å². The van der Waals surface area contributed by atoms with E-state index >= 15 is 0 Å². The summed E-state index contributed by atoms with van der Waals surface area (Å²) in [4.78, 5) is -0.0214. The summed E-state index contributed by atoms with van der Waals surface area (Å²) in [6.45, 7) is 7.34. The Labute approximate surface area is 125 Å². The minimum absolute atomic E-state index is 0.0214. The van der Waals surface area contributed by atoms with Crippen LogP contribution in [0.25, 0.3) is 0 Å². The maximum Gasteiger partial charge on any atom is 0.241 e. The molecule has 5 nitrogen and oxygen atoms in total. The fourth-order valence-electron chi connectivity index (χ4n) is 1.83. The summed E-state index contributed by atoms with van der Waals surface area (Å²) in [5.74, 6) is -0.518. The molecule has 0 saturated carbocycles. The molecule has 0 saturated heterocycles. The SMILES string of the molecule is CCNCc1cc(F)c(C)c(S(=O)(=O)NCCOCC)c1. The Kier molecular flexibility index (Phi) is 7.24. The van der Waals surface area contributed by atoms with Crippen LogP contribution in [-0.2, 0) is 21.3 Å². The van der Waals surface area contributed by atoms with E-state index < -0.39 is 15.8 Å². The molecule has 0 fully saturated rings. The number of rotatable bonds is 9. The summed E-state index contributed by atoms with van der Waals surface area (Å²) < 4.78 is 45.9. The van der Waals surface area contributed by atoms with Gasteiger partial charge in [0.1, 0.15) is 5.82 Å². The maximum absolute atomic E-state index is 13.9. The molecule has 21 heavy (non-hydrogen) atoms. The average Bonchev–Trinajstić information content (AvgIpc) is 2.44. The van der Waals surface area contributed by atoms with E-state index in [4.69, 9.17) is 4.74 Å². The van der Waals surface area contributed by atoms with Crippen molar-refractivity contribution in [3.63, 3.8) is 0 Å². The smallest absolute Gasteiger partial charge is 0.241 e. The molecule has 0 aliphatic carbocycles. The number of nitrogens with one attached hydrogen (secondary N) is 2. The van der Waals surface area contributed by atoms with Crippen LogP contribution in [0.5, 0.6) is 0 Å².